The molecule has 0 saturated carbocycles. The van der Waals surface area contributed by atoms with E-state index in [1.807, 2.05) is 0 Å². The molecule has 1 unspecified atom stereocenters. The van der Waals surface area contributed by atoms with E-state index in [-0.39, 0.29) is 34.9 Å². The van der Waals surface area contributed by atoms with E-state index in [9.17, 15) is 28.1 Å². The van der Waals surface area contributed by atoms with Crippen LogP contribution in [-0.2, 0) is 24.3 Å². The average Bonchev–Trinajstić information content (AvgIpc) is 3.04. The number of para-hydroxylation sites is 1. The molecule has 1 aliphatic heterocycles. The van der Waals surface area contributed by atoms with Crippen LogP contribution in [0.5, 0.6) is 0 Å². The molecule has 12 heteroatoms. The number of amides is 1. The van der Waals surface area contributed by atoms with Crippen LogP contribution < -0.4 is 5.32 Å². The summed E-state index contributed by atoms with van der Waals surface area (Å²) in [6, 6.07) is 11.0. The van der Waals surface area contributed by atoms with Gasteiger partial charge in [0.25, 0.3) is 15.7 Å². The van der Waals surface area contributed by atoms with E-state index < -0.39 is 39.0 Å². The monoisotopic (exact) mass is 488 g/mol. The van der Waals surface area contributed by atoms with Crippen LogP contribution in [0, 0.1) is 10.1 Å². The van der Waals surface area contributed by atoms with Gasteiger partial charge in [-0.05, 0) is 26.0 Å². The molecule has 1 atom stereocenters. The minimum atomic E-state index is -3.87. The molecule has 2 aromatic carbocycles. The summed E-state index contributed by atoms with van der Waals surface area (Å²) in [5, 5.41) is 14.1. The molecule has 0 radical (unpaired) electrons. The number of carbonyl (C=O) groups is 2. The number of nitrogens with one attached hydrogen (secondary N) is 1. The third-order valence-electron chi connectivity index (χ3n) is 4.94. The van der Waals surface area contributed by atoms with E-state index in [1.165, 1.54) is 36.2 Å². The summed E-state index contributed by atoms with van der Waals surface area (Å²) >= 11 is 0. The third-order valence-corrected chi connectivity index (χ3v) is 6.26. The molecule has 0 aliphatic carbocycles. The Bertz CT molecular complexity index is 1260. The van der Waals surface area contributed by atoms with E-state index in [2.05, 4.69) is 9.71 Å². The van der Waals surface area contributed by atoms with Gasteiger partial charge in [-0.3, -0.25) is 19.7 Å². The van der Waals surface area contributed by atoms with Gasteiger partial charge in [0.05, 0.1) is 35.6 Å². The highest BCUT2D eigenvalue weighted by molar-refractivity contribution is 7.90. The lowest BCUT2D eigenvalue weighted by Crippen LogP contribution is -2.40. The number of nitrogens with zero attached hydrogens (tertiary/aromatic N) is 3. The number of ether oxygens (including phenoxy) is 1. The summed E-state index contributed by atoms with van der Waals surface area (Å²) in [5.41, 5.74) is 0.266. The second kappa shape index (κ2) is 10.00. The van der Waals surface area contributed by atoms with Crippen molar-refractivity contribution in [3.8, 4) is 0 Å². The normalized spacial score (nSPS) is 14.6. The number of hydrogen-bond donors (Lipinski definition) is 1. The van der Waals surface area contributed by atoms with Crippen molar-refractivity contribution in [1.29, 1.82) is 0 Å². The van der Waals surface area contributed by atoms with Crippen LogP contribution in [0.1, 0.15) is 37.4 Å². The quantitative estimate of drug-likeness (QED) is 0.338. The smallest absolute Gasteiger partial charge is 0.308 e. The molecule has 0 saturated heterocycles. The fourth-order valence-electron chi connectivity index (χ4n) is 3.56. The molecule has 1 amide bonds. The third kappa shape index (κ3) is 5.57. The number of benzene rings is 2. The summed E-state index contributed by atoms with van der Waals surface area (Å²) < 4.78 is 33.5. The number of fused-ring (bicyclic) bond motifs is 1. The maximum Gasteiger partial charge on any atom is 0.308 e. The predicted molar refractivity (Wildman–Crippen MR) is 123 cm³/mol. The fraction of sp³-hybridized carbons (Fsp3) is 0.318. The number of likely N-dealkylation sites (N-methyl/N-ethyl adjacent to an activating group) is 1. The topological polar surface area (TPSA) is 148 Å². The highest BCUT2D eigenvalue weighted by Gasteiger charge is 2.32. The Morgan fingerprint density at radius 3 is 2.47 bits per heavy atom. The van der Waals surface area contributed by atoms with E-state index in [1.54, 1.807) is 38.1 Å². The van der Waals surface area contributed by atoms with Crippen LogP contribution >= 0.6 is 0 Å². The summed E-state index contributed by atoms with van der Waals surface area (Å²) in [6.45, 7) is 3.03. The molecule has 0 spiro atoms. The number of sulfonamides is 1. The van der Waals surface area contributed by atoms with Gasteiger partial charge in [0.2, 0.25) is 5.91 Å². The van der Waals surface area contributed by atoms with E-state index in [0.717, 1.165) is 0 Å². The van der Waals surface area contributed by atoms with Gasteiger partial charge in [-0.15, -0.1) is 4.40 Å². The number of amidine groups is 1. The Balaban J connectivity index is 1.82. The van der Waals surface area contributed by atoms with Crippen LogP contribution in [-0.4, -0.2) is 55.6 Å². The van der Waals surface area contributed by atoms with E-state index in [0.29, 0.717) is 5.56 Å². The largest absolute Gasteiger partial charge is 0.463 e. The van der Waals surface area contributed by atoms with Crippen molar-refractivity contribution in [1.82, 2.24) is 10.2 Å². The molecule has 0 fully saturated rings. The Kier molecular flexibility index (Phi) is 7.30. The van der Waals surface area contributed by atoms with Crippen LogP contribution in [0.2, 0.25) is 0 Å². The first kappa shape index (κ1) is 24.8. The van der Waals surface area contributed by atoms with Crippen LogP contribution in [0.15, 0.2) is 57.8 Å². The van der Waals surface area contributed by atoms with Gasteiger partial charge in [-0.2, -0.15) is 8.42 Å². The van der Waals surface area contributed by atoms with Gasteiger partial charge in [0.15, 0.2) is 5.84 Å². The lowest BCUT2D eigenvalue weighted by atomic mass is 10.0. The highest BCUT2D eigenvalue weighted by Crippen LogP contribution is 2.29. The summed E-state index contributed by atoms with van der Waals surface area (Å²) in [6.07, 6.45) is -0.723. The SMILES string of the molecule is CC(C)OC(=O)CC(NC(=O)CN(C)C1=NS(=O)(=O)c2ccccc21)c1ccccc1[N+](=O)[O-]. The fourth-order valence-corrected chi connectivity index (χ4v) is 4.81. The Morgan fingerprint density at radius 2 is 1.79 bits per heavy atom. The standard InChI is InChI=1S/C22H24N4O7S/c1-14(2)33-21(28)12-17(15-8-4-6-10-18(15)26(29)30)23-20(27)13-25(3)22-16-9-5-7-11-19(16)34(31,32)24-22/h4-11,14,17H,12-13H2,1-3H3,(H,23,27). The van der Waals surface area contributed by atoms with Gasteiger partial charge in [0.1, 0.15) is 4.90 Å². The Hall–Kier alpha value is -3.80. The van der Waals surface area contributed by atoms with Gasteiger partial charge < -0.3 is 15.0 Å². The molecule has 180 valence electrons. The van der Waals surface area contributed by atoms with E-state index >= 15 is 0 Å². The summed E-state index contributed by atoms with van der Waals surface area (Å²) in [4.78, 5) is 37.5. The van der Waals surface area contributed by atoms with E-state index in [4.69, 9.17) is 4.74 Å². The maximum absolute atomic E-state index is 12.9. The van der Waals surface area contributed by atoms with Crippen molar-refractivity contribution in [3.63, 3.8) is 0 Å². The molecule has 0 bridgehead atoms. The highest BCUT2D eigenvalue weighted by atomic mass is 32.2. The Morgan fingerprint density at radius 1 is 1.15 bits per heavy atom. The van der Waals surface area contributed by atoms with Crippen LogP contribution in [0.4, 0.5) is 5.69 Å². The molecular weight excluding hydrogens is 464 g/mol. The van der Waals surface area contributed by atoms with Gasteiger partial charge >= 0.3 is 5.97 Å². The molecule has 1 aliphatic rings. The number of carbonyl (C=O) groups excluding carboxylic acids is 2. The zero-order chi connectivity index (χ0) is 25.0. The zero-order valence-corrected chi connectivity index (χ0v) is 19.6. The van der Waals surface area contributed by atoms with Crippen molar-refractivity contribution >= 4 is 33.4 Å². The number of nitro groups is 1. The van der Waals surface area contributed by atoms with Crippen molar-refractivity contribution in [2.45, 2.75) is 37.3 Å². The average molecular weight is 489 g/mol. The zero-order valence-electron chi connectivity index (χ0n) is 18.8. The van der Waals surface area contributed by atoms with Gasteiger partial charge in [-0.25, -0.2) is 0 Å². The Labute approximate surface area is 196 Å². The molecule has 0 aromatic heterocycles. The van der Waals surface area contributed by atoms with Crippen molar-refractivity contribution in [2.75, 3.05) is 13.6 Å². The van der Waals surface area contributed by atoms with Gasteiger partial charge in [0, 0.05) is 18.7 Å². The minimum absolute atomic E-state index is 0.0477. The number of hydrogen-bond acceptors (Lipinski definition) is 8. The minimum Gasteiger partial charge on any atom is -0.463 e. The summed E-state index contributed by atoms with van der Waals surface area (Å²) in [5.74, 6) is -1.12. The van der Waals surface area contributed by atoms with Gasteiger partial charge in [-0.1, -0.05) is 30.3 Å². The van der Waals surface area contributed by atoms with Crippen molar-refractivity contribution in [2.24, 2.45) is 4.40 Å². The maximum atomic E-state index is 12.9. The van der Waals surface area contributed by atoms with Crippen LogP contribution in [0.25, 0.3) is 0 Å². The van der Waals surface area contributed by atoms with Crippen LogP contribution in [0.3, 0.4) is 0 Å². The first-order chi connectivity index (χ1) is 16.0. The number of nitro benzene ring substituents is 1. The predicted octanol–water partition coefficient (Wildman–Crippen LogP) is 2.17. The van der Waals surface area contributed by atoms with Crippen molar-refractivity contribution < 1.29 is 27.7 Å². The lowest BCUT2D eigenvalue weighted by molar-refractivity contribution is -0.385. The molecule has 34 heavy (non-hydrogen) atoms. The molecule has 1 heterocycles. The number of esters is 1. The number of rotatable bonds is 8. The molecule has 1 N–H and O–H groups in total. The van der Waals surface area contributed by atoms with Crippen molar-refractivity contribution in [3.05, 3.63) is 69.8 Å². The second-order valence-electron chi connectivity index (χ2n) is 7.92. The molecule has 3 rings (SSSR count). The molecular formula is C22H24N4O7S. The molecule has 2 aromatic rings. The first-order valence-electron chi connectivity index (χ1n) is 10.4. The second-order valence-corrected chi connectivity index (χ2v) is 9.49. The summed E-state index contributed by atoms with van der Waals surface area (Å²) in [7, 11) is -2.36. The molecule has 11 nitrogen and oxygen atoms in total. The first-order valence-corrected chi connectivity index (χ1v) is 11.8. The lowest BCUT2D eigenvalue weighted by Gasteiger charge is -2.22.